The van der Waals surface area contributed by atoms with Gasteiger partial charge in [0.15, 0.2) is 0 Å². The van der Waals surface area contributed by atoms with Gasteiger partial charge in [-0.25, -0.2) is 0 Å². The van der Waals surface area contributed by atoms with Gasteiger partial charge in [0.2, 0.25) is 0 Å². The molecule has 0 saturated carbocycles. The van der Waals surface area contributed by atoms with Crippen LogP contribution < -0.4 is 5.32 Å². The number of carbonyl (C=O) groups is 1. The van der Waals surface area contributed by atoms with E-state index in [4.69, 9.17) is 6.42 Å². The van der Waals surface area contributed by atoms with E-state index in [9.17, 15) is 18.0 Å². The van der Waals surface area contributed by atoms with Crippen LogP contribution in [0.15, 0.2) is 22.7 Å². The van der Waals surface area contributed by atoms with E-state index in [2.05, 4.69) is 27.2 Å². The lowest BCUT2D eigenvalue weighted by Gasteiger charge is -2.16. The second-order valence-corrected chi connectivity index (χ2v) is 5.03. The van der Waals surface area contributed by atoms with Crippen molar-refractivity contribution in [3.63, 3.8) is 0 Å². The molecule has 0 aromatic heterocycles. The van der Waals surface area contributed by atoms with Crippen LogP contribution in [0.25, 0.3) is 0 Å². The molecule has 20 heavy (non-hydrogen) atoms. The van der Waals surface area contributed by atoms with Crippen molar-refractivity contribution in [1.82, 2.24) is 5.32 Å². The maximum atomic E-state index is 12.6. The van der Waals surface area contributed by atoms with Gasteiger partial charge in [-0.3, -0.25) is 4.79 Å². The molecule has 2 nitrogen and oxygen atoms in total. The Morgan fingerprint density at radius 2 is 2.15 bits per heavy atom. The highest BCUT2D eigenvalue weighted by Gasteiger charge is 2.31. The Morgan fingerprint density at radius 3 is 2.65 bits per heavy atom. The summed E-state index contributed by atoms with van der Waals surface area (Å²) in [6.07, 6.45) is 1.62. The van der Waals surface area contributed by atoms with Crippen molar-refractivity contribution in [3.05, 3.63) is 33.8 Å². The maximum absolute atomic E-state index is 12.6. The Kier molecular flexibility index (Phi) is 5.63. The highest BCUT2D eigenvalue weighted by atomic mass is 79.9. The number of hydrogen-bond donors (Lipinski definition) is 1. The van der Waals surface area contributed by atoms with Gasteiger partial charge in [-0.2, -0.15) is 13.2 Å². The number of benzene rings is 1. The maximum Gasteiger partial charge on any atom is 0.416 e. The summed E-state index contributed by atoms with van der Waals surface area (Å²) in [5, 5.41) is 2.62. The van der Waals surface area contributed by atoms with Gasteiger partial charge in [-0.05, 0) is 40.5 Å². The SMILES string of the molecule is C#CCC(CC)NC(=O)c1cc(C(F)(F)F)ccc1Br. The van der Waals surface area contributed by atoms with Gasteiger partial charge in [0, 0.05) is 16.9 Å². The fourth-order valence-electron chi connectivity index (χ4n) is 1.58. The third kappa shape index (κ3) is 4.27. The number of halogens is 4. The quantitative estimate of drug-likeness (QED) is 0.819. The molecular weight excluding hydrogens is 335 g/mol. The zero-order valence-corrected chi connectivity index (χ0v) is 12.3. The highest BCUT2D eigenvalue weighted by molar-refractivity contribution is 9.10. The van der Waals surface area contributed by atoms with Crippen LogP contribution >= 0.6 is 15.9 Å². The Labute approximate surface area is 123 Å². The molecule has 0 bridgehead atoms. The van der Waals surface area contributed by atoms with E-state index in [1.165, 1.54) is 6.07 Å². The molecule has 0 aliphatic rings. The third-order valence-electron chi connectivity index (χ3n) is 2.73. The van der Waals surface area contributed by atoms with Crippen molar-refractivity contribution in [3.8, 4) is 12.3 Å². The standard InChI is InChI=1S/C14H13BrF3NO/c1-3-5-10(4-2)19-13(20)11-8-9(14(16,17)18)6-7-12(11)15/h1,6-8,10H,4-5H2,2H3,(H,19,20). The Morgan fingerprint density at radius 1 is 1.50 bits per heavy atom. The Balaban J connectivity index is 3.01. The molecule has 0 heterocycles. The molecule has 0 radical (unpaired) electrons. The molecule has 6 heteroatoms. The topological polar surface area (TPSA) is 29.1 Å². The van der Waals surface area contributed by atoms with Crippen molar-refractivity contribution >= 4 is 21.8 Å². The number of carbonyl (C=O) groups excluding carboxylic acids is 1. The second-order valence-electron chi connectivity index (χ2n) is 4.18. The van der Waals surface area contributed by atoms with Crippen LogP contribution in [-0.2, 0) is 6.18 Å². The summed E-state index contributed by atoms with van der Waals surface area (Å²) in [6.45, 7) is 1.84. The molecule has 1 N–H and O–H groups in total. The largest absolute Gasteiger partial charge is 0.416 e. The molecular formula is C14H13BrF3NO. The van der Waals surface area contributed by atoms with Gasteiger partial charge in [-0.15, -0.1) is 12.3 Å². The van der Waals surface area contributed by atoms with Crippen LogP contribution in [0.4, 0.5) is 13.2 Å². The summed E-state index contributed by atoms with van der Waals surface area (Å²) in [5.41, 5.74) is -0.925. The zero-order chi connectivity index (χ0) is 15.3. The second kappa shape index (κ2) is 6.80. The molecule has 1 unspecified atom stereocenters. The van der Waals surface area contributed by atoms with Crippen LogP contribution in [0.5, 0.6) is 0 Å². The zero-order valence-electron chi connectivity index (χ0n) is 10.7. The monoisotopic (exact) mass is 347 g/mol. The van der Waals surface area contributed by atoms with Gasteiger partial charge in [-0.1, -0.05) is 6.92 Å². The van der Waals surface area contributed by atoms with Gasteiger partial charge < -0.3 is 5.32 Å². The van der Waals surface area contributed by atoms with Gasteiger partial charge in [0.25, 0.3) is 5.91 Å². The van der Waals surface area contributed by atoms with Gasteiger partial charge in [0.05, 0.1) is 11.1 Å². The third-order valence-corrected chi connectivity index (χ3v) is 3.42. The van der Waals surface area contributed by atoms with E-state index in [0.29, 0.717) is 17.3 Å². The average molecular weight is 348 g/mol. The van der Waals surface area contributed by atoms with Crippen LogP contribution in [0.2, 0.25) is 0 Å². The minimum absolute atomic E-state index is 0.0599. The van der Waals surface area contributed by atoms with Crippen LogP contribution in [0.3, 0.4) is 0 Å². The van der Waals surface area contributed by atoms with Crippen LogP contribution in [-0.4, -0.2) is 11.9 Å². The number of rotatable bonds is 4. The van der Waals surface area contributed by atoms with E-state index in [1.54, 1.807) is 0 Å². The summed E-state index contributed by atoms with van der Waals surface area (Å²) < 4.78 is 38.2. The summed E-state index contributed by atoms with van der Waals surface area (Å²) in [5.74, 6) is 1.84. The molecule has 1 amide bonds. The Bertz CT molecular complexity index is 534. The highest BCUT2D eigenvalue weighted by Crippen LogP contribution is 2.31. The first-order valence-corrected chi connectivity index (χ1v) is 6.70. The first-order chi connectivity index (χ1) is 9.29. The predicted molar refractivity (Wildman–Crippen MR) is 74.1 cm³/mol. The lowest BCUT2D eigenvalue weighted by Crippen LogP contribution is -2.34. The lowest BCUT2D eigenvalue weighted by molar-refractivity contribution is -0.137. The number of alkyl halides is 3. The first kappa shape index (κ1) is 16.6. The van der Waals surface area contributed by atoms with Crippen molar-refractivity contribution < 1.29 is 18.0 Å². The van der Waals surface area contributed by atoms with E-state index < -0.39 is 17.6 Å². The van der Waals surface area contributed by atoms with Crippen molar-refractivity contribution in [1.29, 1.82) is 0 Å². The number of terminal acetylenes is 1. The van der Waals surface area contributed by atoms with E-state index in [-0.39, 0.29) is 11.6 Å². The molecule has 1 atom stereocenters. The predicted octanol–water partition coefficient (Wildman–Crippen LogP) is 4.00. The molecule has 0 aliphatic carbocycles. The van der Waals surface area contributed by atoms with Crippen LogP contribution in [0, 0.1) is 12.3 Å². The number of nitrogens with one attached hydrogen (secondary N) is 1. The van der Waals surface area contributed by atoms with Gasteiger partial charge in [0.1, 0.15) is 0 Å². The van der Waals surface area contributed by atoms with Crippen LogP contribution in [0.1, 0.15) is 35.7 Å². The van der Waals surface area contributed by atoms with Crippen molar-refractivity contribution in [2.75, 3.05) is 0 Å². The molecule has 1 aromatic rings. The smallest absolute Gasteiger partial charge is 0.348 e. The van der Waals surface area contributed by atoms with E-state index >= 15 is 0 Å². The average Bonchev–Trinajstić information content (AvgIpc) is 2.37. The lowest BCUT2D eigenvalue weighted by atomic mass is 10.1. The molecule has 108 valence electrons. The molecule has 0 saturated heterocycles. The van der Waals surface area contributed by atoms with E-state index in [1.807, 2.05) is 6.92 Å². The molecule has 0 aliphatic heterocycles. The number of amides is 1. The van der Waals surface area contributed by atoms with Gasteiger partial charge >= 0.3 is 6.18 Å². The molecule has 0 fully saturated rings. The molecule has 0 spiro atoms. The van der Waals surface area contributed by atoms with Crippen molar-refractivity contribution in [2.24, 2.45) is 0 Å². The number of hydrogen-bond acceptors (Lipinski definition) is 1. The summed E-state index contributed by atoms with van der Waals surface area (Å²) in [6, 6.07) is 2.69. The van der Waals surface area contributed by atoms with Crippen molar-refractivity contribution in [2.45, 2.75) is 32.0 Å². The summed E-state index contributed by atoms with van der Waals surface area (Å²) in [7, 11) is 0. The molecule has 1 rings (SSSR count). The normalized spacial score (nSPS) is 12.6. The summed E-state index contributed by atoms with van der Waals surface area (Å²) >= 11 is 3.08. The summed E-state index contributed by atoms with van der Waals surface area (Å²) in [4.78, 5) is 12.0. The first-order valence-electron chi connectivity index (χ1n) is 5.90. The van der Waals surface area contributed by atoms with E-state index in [0.717, 1.165) is 12.1 Å². The minimum Gasteiger partial charge on any atom is -0.348 e. The fraction of sp³-hybridized carbons (Fsp3) is 0.357. The fourth-order valence-corrected chi connectivity index (χ4v) is 2.01. The Hall–Kier alpha value is -1.48. The molecule has 1 aromatic carbocycles. The minimum atomic E-state index is -4.49.